The van der Waals surface area contributed by atoms with Crippen LogP contribution >= 0.6 is 0 Å². The molecular weight excluding hydrogens is 234 g/mol. The molecule has 0 atom stereocenters. The zero-order valence-electron chi connectivity index (χ0n) is 11.0. The van der Waals surface area contributed by atoms with Gasteiger partial charge in [-0.15, -0.1) is 0 Å². The van der Waals surface area contributed by atoms with Gasteiger partial charge in [-0.3, -0.25) is 10.1 Å². The number of hydrogen-bond donors (Lipinski definition) is 1. The van der Waals surface area contributed by atoms with E-state index in [1.807, 2.05) is 27.7 Å². The van der Waals surface area contributed by atoms with Crippen LogP contribution in [0, 0.1) is 15.5 Å². The van der Waals surface area contributed by atoms with Gasteiger partial charge in [0.2, 0.25) is 5.75 Å². The Bertz CT molecular complexity index is 520. The first-order valence-electron chi connectivity index (χ1n) is 5.83. The molecule has 2 rings (SSSR count). The molecule has 1 aromatic carbocycles. The average molecular weight is 251 g/mol. The molecule has 5 heteroatoms. The zero-order chi connectivity index (χ0) is 13.7. The molecule has 0 bridgehead atoms. The van der Waals surface area contributed by atoms with Crippen LogP contribution in [0.25, 0.3) is 0 Å². The minimum absolute atomic E-state index is 0.0976. The third-order valence-corrected chi connectivity index (χ3v) is 3.95. The van der Waals surface area contributed by atoms with Crippen molar-refractivity contribution in [3.63, 3.8) is 0 Å². The monoisotopic (exact) mass is 251 g/mol. The molecule has 0 radical (unpaired) electrons. The number of aromatic hydroxyl groups is 1. The molecule has 0 amide bonds. The summed E-state index contributed by atoms with van der Waals surface area (Å²) >= 11 is 0. The Morgan fingerprint density at radius 1 is 1.33 bits per heavy atom. The van der Waals surface area contributed by atoms with Gasteiger partial charge in [0.1, 0.15) is 11.4 Å². The number of nitro groups is 1. The lowest BCUT2D eigenvalue weighted by Gasteiger charge is -2.45. The zero-order valence-corrected chi connectivity index (χ0v) is 11.0. The lowest BCUT2D eigenvalue weighted by Crippen LogP contribution is -2.48. The molecule has 0 saturated carbocycles. The maximum atomic E-state index is 11.0. The quantitative estimate of drug-likeness (QED) is 0.615. The van der Waals surface area contributed by atoms with E-state index in [-0.39, 0.29) is 22.6 Å². The molecule has 98 valence electrons. The van der Waals surface area contributed by atoms with Crippen molar-refractivity contribution in [3.05, 3.63) is 27.8 Å². The fourth-order valence-electron chi connectivity index (χ4n) is 2.12. The highest BCUT2D eigenvalue weighted by molar-refractivity contribution is 5.57. The lowest BCUT2D eigenvalue weighted by atomic mass is 9.71. The van der Waals surface area contributed by atoms with Gasteiger partial charge < -0.3 is 9.84 Å². The molecule has 1 heterocycles. The van der Waals surface area contributed by atoms with Crippen molar-refractivity contribution >= 4 is 5.69 Å². The topological polar surface area (TPSA) is 72.6 Å². The minimum atomic E-state index is -0.521. The van der Waals surface area contributed by atoms with Gasteiger partial charge in [0.25, 0.3) is 0 Å². The van der Waals surface area contributed by atoms with Gasteiger partial charge in [0.15, 0.2) is 0 Å². The predicted octanol–water partition coefficient (Wildman–Crippen LogP) is 3.04. The Hall–Kier alpha value is -1.78. The maximum absolute atomic E-state index is 11.0. The molecule has 0 aromatic heterocycles. The second-order valence-electron chi connectivity index (χ2n) is 5.88. The Balaban J connectivity index is 2.63. The van der Waals surface area contributed by atoms with Crippen LogP contribution in [0.5, 0.6) is 11.5 Å². The number of ether oxygens (including phenoxy) is 1. The fourth-order valence-corrected chi connectivity index (χ4v) is 2.12. The van der Waals surface area contributed by atoms with Gasteiger partial charge >= 0.3 is 5.69 Å². The van der Waals surface area contributed by atoms with E-state index in [0.717, 1.165) is 6.07 Å². The Morgan fingerprint density at radius 2 is 1.94 bits per heavy atom. The summed E-state index contributed by atoms with van der Waals surface area (Å²) in [5.74, 6) is 0.182. The van der Waals surface area contributed by atoms with E-state index in [4.69, 9.17) is 4.74 Å². The normalized spacial score (nSPS) is 19.8. The molecule has 18 heavy (non-hydrogen) atoms. The van der Waals surface area contributed by atoms with Crippen molar-refractivity contribution in [3.8, 4) is 11.5 Å². The van der Waals surface area contributed by atoms with E-state index in [1.54, 1.807) is 6.07 Å². The SMILES string of the molecule is CC1(C)Cc2cc(O)cc([N+](=O)[O-])c2OC1(C)C. The fraction of sp³-hybridized carbons (Fsp3) is 0.538. The number of benzene rings is 1. The molecule has 5 nitrogen and oxygen atoms in total. The summed E-state index contributed by atoms with van der Waals surface area (Å²) in [4.78, 5) is 10.5. The van der Waals surface area contributed by atoms with E-state index < -0.39 is 10.5 Å². The van der Waals surface area contributed by atoms with E-state index in [1.165, 1.54) is 0 Å². The van der Waals surface area contributed by atoms with E-state index in [2.05, 4.69) is 0 Å². The van der Waals surface area contributed by atoms with Gasteiger partial charge in [0, 0.05) is 11.0 Å². The predicted molar refractivity (Wildman–Crippen MR) is 67.0 cm³/mol. The van der Waals surface area contributed by atoms with Crippen molar-refractivity contribution in [2.45, 2.75) is 39.7 Å². The third kappa shape index (κ3) is 1.79. The Labute approximate surface area is 106 Å². The highest BCUT2D eigenvalue weighted by atomic mass is 16.6. The first-order valence-corrected chi connectivity index (χ1v) is 5.83. The van der Waals surface area contributed by atoms with Crippen LogP contribution in [0.15, 0.2) is 12.1 Å². The van der Waals surface area contributed by atoms with Gasteiger partial charge in [0.05, 0.1) is 11.0 Å². The number of nitrogens with zero attached hydrogens (tertiary/aromatic N) is 1. The van der Waals surface area contributed by atoms with Crippen molar-refractivity contribution in [1.82, 2.24) is 0 Å². The molecule has 0 spiro atoms. The summed E-state index contributed by atoms with van der Waals surface area (Å²) in [5, 5.41) is 20.6. The molecular formula is C13H17NO4. The third-order valence-electron chi connectivity index (χ3n) is 3.95. The van der Waals surface area contributed by atoms with E-state index in [0.29, 0.717) is 12.0 Å². The summed E-state index contributed by atoms with van der Waals surface area (Å²) in [7, 11) is 0. The Kier molecular flexibility index (Phi) is 2.54. The number of nitro benzene ring substituents is 1. The molecule has 0 fully saturated rings. The van der Waals surface area contributed by atoms with Crippen molar-refractivity contribution in [2.75, 3.05) is 0 Å². The Morgan fingerprint density at radius 3 is 2.50 bits per heavy atom. The highest BCUT2D eigenvalue weighted by Gasteiger charge is 2.45. The number of fused-ring (bicyclic) bond motifs is 1. The van der Waals surface area contributed by atoms with Crippen LogP contribution in [0.2, 0.25) is 0 Å². The van der Waals surface area contributed by atoms with Gasteiger partial charge in [-0.2, -0.15) is 0 Å². The molecule has 0 aliphatic carbocycles. The highest BCUT2D eigenvalue weighted by Crippen LogP contribution is 2.49. The second kappa shape index (κ2) is 3.60. The van der Waals surface area contributed by atoms with Crippen LogP contribution < -0.4 is 4.74 Å². The molecule has 1 aliphatic heterocycles. The molecule has 1 aromatic rings. The molecule has 0 saturated heterocycles. The number of rotatable bonds is 1. The van der Waals surface area contributed by atoms with Crippen LogP contribution in [0.1, 0.15) is 33.3 Å². The maximum Gasteiger partial charge on any atom is 0.314 e. The van der Waals surface area contributed by atoms with Gasteiger partial charge in [-0.05, 0) is 26.3 Å². The van der Waals surface area contributed by atoms with Crippen LogP contribution in [-0.4, -0.2) is 15.6 Å². The number of hydrogen-bond acceptors (Lipinski definition) is 4. The first kappa shape index (κ1) is 12.7. The standard InChI is InChI=1S/C13H17NO4/c1-12(2)7-8-5-9(15)6-10(14(16)17)11(8)18-13(12,3)4/h5-6,15H,7H2,1-4H3. The minimum Gasteiger partial charge on any atom is -0.508 e. The van der Waals surface area contributed by atoms with Gasteiger partial charge in [-0.1, -0.05) is 13.8 Å². The van der Waals surface area contributed by atoms with E-state index in [9.17, 15) is 15.2 Å². The average Bonchev–Trinajstić information content (AvgIpc) is 2.18. The van der Waals surface area contributed by atoms with Crippen molar-refractivity contribution in [1.29, 1.82) is 0 Å². The molecule has 0 unspecified atom stereocenters. The molecule has 1 N–H and O–H groups in total. The summed E-state index contributed by atoms with van der Waals surface area (Å²) in [6.45, 7) is 7.94. The van der Waals surface area contributed by atoms with Crippen molar-refractivity contribution in [2.24, 2.45) is 5.41 Å². The lowest BCUT2D eigenvalue weighted by molar-refractivity contribution is -0.386. The van der Waals surface area contributed by atoms with Crippen LogP contribution in [0.3, 0.4) is 0 Å². The smallest absolute Gasteiger partial charge is 0.314 e. The summed E-state index contributed by atoms with van der Waals surface area (Å²) in [5.41, 5.74) is -0.150. The summed E-state index contributed by atoms with van der Waals surface area (Å²) in [6.07, 6.45) is 0.630. The van der Waals surface area contributed by atoms with Crippen molar-refractivity contribution < 1.29 is 14.8 Å². The number of phenolic OH excluding ortho intramolecular Hbond substituents is 1. The van der Waals surface area contributed by atoms with Crippen LogP contribution in [0.4, 0.5) is 5.69 Å². The van der Waals surface area contributed by atoms with E-state index >= 15 is 0 Å². The van der Waals surface area contributed by atoms with Gasteiger partial charge in [-0.25, -0.2) is 0 Å². The molecule has 1 aliphatic rings. The largest absolute Gasteiger partial charge is 0.508 e. The second-order valence-corrected chi connectivity index (χ2v) is 5.88. The first-order chi connectivity index (χ1) is 8.14. The number of phenols is 1. The van der Waals surface area contributed by atoms with Crippen LogP contribution in [-0.2, 0) is 6.42 Å². The summed E-state index contributed by atoms with van der Waals surface area (Å²) in [6, 6.07) is 2.67. The summed E-state index contributed by atoms with van der Waals surface area (Å²) < 4.78 is 5.83.